The van der Waals surface area contributed by atoms with Crippen molar-refractivity contribution in [2.45, 2.75) is 16.4 Å². The summed E-state index contributed by atoms with van der Waals surface area (Å²) in [7, 11) is 0. The summed E-state index contributed by atoms with van der Waals surface area (Å²) >= 11 is 10.7. The van der Waals surface area contributed by atoms with Gasteiger partial charge in [-0.1, -0.05) is 6.07 Å². The molecule has 0 aliphatic carbocycles. The van der Waals surface area contributed by atoms with Crippen LogP contribution in [0.2, 0.25) is 0 Å². The lowest BCUT2D eigenvalue weighted by Gasteiger charge is -2.00. The number of thioether (sulfide) groups is 1. The molecule has 4 heteroatoms. The van der Waals surface area contributed by atoms with E-state index < -0.39 is 0 Å². The number of thiol groups is 2. The third kappa shape index (κ3) is 1.51. The van der Waals surface area contributed by atoms with Crippen LogP contribution in [0, 0.1) is 0 Å². The Morgan fingerprint density at radius 2 is 1.88 bits per heavy atom. The first-order valence-corrected chi connectivity index (χ1v) is 7.93. The second-order valence-corrected chi connectivity index (χ2v) is 5.46. The van der Waals surface area contributed by atoms with Gasteiger partial charge in [0.25, 0.3) is 0 Å². The molecule has 0 saturated carbocycles. The van der Waals surface area contributed by atoms with Crippen molar-refractivity contribution in [3.8, 4) is 0 Å². The van der Waals surface area contributed by atoms with Gasteiger partial charge in [0, 0.05) is 22.0 Å². The van der Waals surface area contributed by atoms with Gasteiger partial charge in [-0.05, 0) is 30.0 Å². The summed E-state index contributed by atoms with van der Waals surface area (Å²) in [6, 6.07) is 8.72. The summed E-state index contributed by atoms with van der Waals surface area (Å²) < 4.78 is 2.34. The monoisotopic (exact) mass is 279 g/mol. The molecule has 0 aromatic carbocycles. The van der Waals surface area contributed by atoms with E-state index in [9.17, 15) is 0 Å². The molecule has 3 aromatic rings. The van der Waals surface area contributed by atoms with E-state index in [0.717, 1.165) is 11.5 Å². The van der Waals surface area contributed by atoms with Gasteiger partial charge in [-0.25, -0.2) is 0 Å². The summed E-state index contributed by atoms with van der Waals surface area (Å²) in [5, 5.41) is 0. The Bertz CT molecular complexity index is 672. The van der Waals surface area contributed by atoms with Gasteiger partial charge in [-0.15, -0.1) is 11.8 Å². The first kappa shape index (κ1) is 11.6. The first-order chi connectivity index (χ1) is 8.31. The van der Waals surface area contributed by atoms with Crippen LogP contribution < -0.4 is 0 Å². The highest BCUT2D eigenvalue weighted by molar-refractivity contribution is 7.99. The van der Waals surface area contributed by atoms with Gasteiger partial charge in [-0.3, -0.25) is 0 Å². The van der Waals surface area contributed by atoms with Crippen LogP contribution in [0.4, 0.5) is 0 Å². The number of hydrogen-bond donors (Lipinski definition) is 2. The summed E-state index contributed by atoms with van der Waals surface area (Å²) in [5.74, 6) is 1.57. The predicted octanol–water partition coefficient (Wildman–Crippen LogP) is 4.11. The fourth-order valence-corrected chi connectivity index (χ4v) is 3.97. The maximum absolute atomic E-state index is 4.46. The molecular weight excluding hydrogens is 266 g/mol. The molecule has 88 valence electrons. The molecule has 17 heavy (non-hydrogen) atoms. The third-order valence-electron chi connectivity index (χ3n) is 3.22. The Morgan fingerprint density at radius 1 is 1.12 bits per heavy atom. The van der Waals surface area contributed by atoms with E-state index in [4.69, 9.17) is 0 Å². The van der Waals surface area contributed by atoms with Gasteiger partial charge in [0.1, 0.15) is 0 Å². The maximum atomic E-state index is 4.46. The lowest BCUT2D eigenvalue weighted by Crippen LogP contribution is -1.85. The topological polar surface area (TPSA) is 4.41 Å². The normalized spacial score (nSPS) is 11.9. The molecule has 0 unspecified atom stereocenters. The standard InChI is InChI=1S/C13H13NS3/c1-17-13-9(7-16)11-4-2-3-10-8(6-15)5-12(13)14(10)11/h2-5,15-16H,6-7H2,1H3. The molecule has 0 N–H and O–H groups in total. The van der Waals surface area contributed by atoms with Gasteiger partial charge >= 0.3 is 0 Å². The van der Waals surface area contributed by atoms with Crippen molar-refractivity contribution in [3.05, 3.63) is 35.4 Å². The van der Waals surface area contributed by atoms with Gasteiger partial charge < -0.3 is 4.40 Å². The molecule has 0 bridgehead atoms. The maximum Gasteiger partial charge on any atom is 0.0605 e. The molecule has 0 fully saturated rings. The minimum atomic E-state index is 0.783. The third-order valence-corrected chi connectivity index (χ3v) is 4.74. The summed E-state index contributed by atoms with van der Waals surface area (Å²) in [6.45, 7) is 0. The van der Waals surface area contributed by atoms with Crippen LogP contribution in [0.25, 0.3) is 16.6 Å². The number of aromatic nitrogens is 1. The van der Waals surface area contributed by atoms with Crippen molar-refractivity contribution < 1.29 is 0 Å². The second-order valence-electron chi connectivity index (χ2n) is 4.01. The van der Waals surface area contributed by atoms with E-state index in [2.05, 4.69) is 60.2 Å². The van der Waals surface area contributed by atoms with Crippen molar-refractivity contribution in [1.82, 2.24) is 4.40 Å². The van der Waals surface area contributed by atoms with Gasteiger partial charge in [0.2, 0.25) is 0 Å². The molecule has 0 aliphatic rings. The van der Waals surface area contributed by atoms with Crippen LogP contribution in [0.15, 0.2) is 29.2 Å². The largest absolute Gasteiger partial charge is 0.309 e. The summed E-state index contributed by atoms with van der Waals surface area (Å²) in [4.78, 5) is 1.35. The smallest absolute Gasteiger partial charge is 0.0605 e. The molecule has 3 aromatic heterocycles. The van der Waals surface area contributed by atoms with Crippen molar-refractivity contribution in [2.24, 2.45) is 0 Å². The lowest BCUT2D eigenvalue weighted by atomic mass is 10.2. The number of nitrogens with zero attached hydrogens (tertiary/aromatic N) is 1. The van der Waals surface area contributed by atoms with E-state index in [0.29, 0.717) is 0 Å². The zero-order valence-corrected chi connectivity index (χ0v) is 12.1. The molecule has 3 rings (SSSR count). The Balaban J connectivity index is 2.52. The molecular formula is C13H13NS3. The highest BCUT2D eigenvalue weighted by Crippen LogP contribution is 2.37. The predicted molar refractivity (Wildman–Crippen MR) is 83.3 cm³/mol. The number of rotatable bonds is 3. The highest BCUT2D eigenvalue weighted by atomic mass is 32.2. The Labute approximate surface area is 116 Å². The quantitative estimate of drug-likeness (QED) is 0.539. The Kier molecular flexibility index (Phi) is 2.97. The molecule has 0 atom stereocenters. The molecule has 0 radical (unpaired) electrons. The average Bonchev–Trinajstić information content (AvgIpc) is 2.88. The van der Waals surface area contributed by atoms with Crippen LogP contribution in [-0.4, -0.2) is 10.7 Å². The zero-order valence-electron chi connectivity index (χ0n) is 9.47. The molecule has 0 saturated heterocycles. The molecule has 0 aliphatic heterocycles. The van der Waals surface area contributed by atoms with E-state index in [1.165, 1.54) is 32.6 Å². The van der Waals surface area contributed by atoms with Crippen molar-refractivity contribution in [1.29, 1.82) is 0 Å². The van der Waals surface area contributed by atoms with Gasteiger partial charge in [-0.2, -0.15) is 25.3 Å². The zero-order chi connectivity index (χ0) is 12.0. The Hall–Kier alpha value is -0.450. The lowest BCUT2D eigenvalue weighted by molar-refractivity contribution is 1.32. The highest BCUT2D eigenvalue weighted by Gasteiger charge is 2.17. The van der Waals surface area contributed by atoms with Crippen LogP contribution in [0.5, 0.6) is 0 Å². The van der Waals surface area contributed by atoms with E-state index in [1.807, 2.05) is 0 Å². The van der Waals surface area contributed by atoms with Crippen molar-refractivity contribution in [3.63, 3.8) is 0 Å². The fourth-order valence-electron chi connectivity index (χ4n) is 2.50. The molecule has 3 heterocycles. The minimum Gasteiger partial charge on any atom is -0.309 e. The van der Waals surface area contributed by atoms with E-state index >= 15 is 0 Å². The Morgan fingerprint density at radius 3 is 2.53 bits per heavy atom. The number of pyridine rings is 1. The van der Waals surface area contributed by atoms with Crippen LogP contribution in [0.3, 0.4) is 0 Å². The number of hydrogen-bond acceptors (Lipinski definition) is 3. The van der Waals surface area contributed by atoms with Crippen LogP contribution in [0.1, 0.15) is 11.1 Å². The average molecular weight is 279 g/mol. The minimum absolute atomic E-state index is 0.783. The van der Waals surface area contributed by atoms with Crippen molar-refractivity contribution >= 4 is 53.6 Å². The molecule has 0 amide bonds. The van der Waals surface area contributed by atoms with Gasteiger partial charge in [0.05, 0.1) is 16.6 Å². The van der Waals surface area contributed by atoms with Gasteiger partial charge in [0.15, 0.2) is 0 Å². The SMILES string of the molecule is CSc1c(CS)c2cccc3c(CS)cc1n32. The van der Waals surface area contributed by atoms with E-state index in [-0.39, 0.29) is 0 Å². The first-order valence-electron chi connectivity index (χ1n) is 5.44. The second kappa shape index (κ2) is 4.34. The summed E-state index contributed by atoms with van der Waals surface area (Å²) in [5.41, 5.74) is 6.50. The van der Waals surface area contributed by atoms with Crippen LogP contribution >= 0.6 is 37.0 Å². The summed E-state index contributed by atoms with van der Waals surface area (Å²) in [6.07, 6.45) is 2.13. The molecule has 0 spiro atoms. The fraction of sp³-hybridized carbons (Fsp3) is 0.231. The molecule has 1 nitrogen and oxygen atoms in total. The van der Waals surface area contributed by atoms with E-state index in [1.54, 1.807) is 11.8 Å². The van der Waals surface area contributed by atoms with Crippen LogP contribution in [-0.2, 0) is 11.5 Å². The van der Waals surface area contributed by atoms with Crippen molar-refractivity contribution in [2.75, 3.05) is 6.26 Å².